The average Bonchev–Trinajstić information content (AvgIpc) is 2.74. The van der Waals surface area contributed by atoms with Gasteiger partial charge in [0.05, 0.1) is 11.6 Å². The van der Waals surface area contributed by atoms with Gasteiger partial charge in [-0.25, -0.2) is 0 Å². The third-order valence-electron chi connectivity index (χ3n) is 6.46. The standard InChI is InChI=1S/C24H27N3O/c1-26-17-22(20-5-3-2-4-6-20)15-24(18-26)11-13-27(14-12-24)23(28)21-9-7-19(16-25)8-10-21/h2-10,22H,11-15,17-18H2,1H3/t22-/m0/s1. The molecule has 0 unspecified atom stereocenters. The van der Waals surface area contributed by atoms with Gasteiger partial charge in [0.15, 0.2) is 0 Å². The summed E-state index contributed by atoms with van der Waals surface area (Å²) >= 11 is 0. The van der Waals surface area contributed by atoms with Gasteiger partial charge in [0.1, 0.15) is 0 Å². The van der Waals surface area contributed by atoms with Crippen molar-refractivity contribution >= 4 is 5.91 Å². The number of nitriles is 1. The highest BCUT2D eigenvalue weighted by Gasteiger charge is 2.42. The van der Waals surface area contributed by atoms with E-state index < -0.39 is 0 Å². The predicted molar refractivity (Wildman–Crippen MR) is 110 cm³/mol. The van der Waals surface area contributed by atoms with Gasteiger partial charge in [-0.2, -0.15) is 5.26 Å². The monoisotopic (exact) mass is 373 g/mol. The van der Waals surface area contributed by atoms with E-state index in [1.165, 1.54) is 12.0 Å². The second-order valence-corrected chi connectivity index (χ2v) is 8.49. The Morgan fingerprint density at radius 1 is 1.07 bits per heavy atom. The Hall–Kier alpha value is -2.64. The van der Waals surface area contributed by atoms with Gasteiger partial charge in [0.2, 0.25) is 0 Å². The van der Waals surface area contributed by atoms with E-state index in [-0.39, 0.29) is 5.91 Å². The molecule has 0 bridgehead atoms. The molecular weight excluding hydrogens is 346 g/mol. The van der Waals surface area contributed by atoms with Gasteiger partial charge < -0.3 is 9.80 Å². The van der Waals surface area contributed by atoms with Gasteiger partial charge in [-0.1, -0.05) is 30.3 Å². The van der Waals surface area contributed by atoms with Crippen LogP contribution in [0.2, 0.25) is 0 Å². The molecule has 144 valence electrons. The summed E-state index contributed by atoms with van der Waals surface area (Å²) < 4.78 is 0. The Kier molecular flexibility index (Phi) is 5.19. The Morgan fingerprint density at radius 2 is 1.75 bits per heavy atom. The summed E-state index contributed by atoms with van der Waals surface area (Å²) in [6, 6.07) is 19.9. The molecular formula is C24H27N3O. The molecule has 0 aliphatic carbocycles. The second-order valence-electron chi connectivity index (χ2n) is 8.49. The fourth-order valence-corrected chi connectivity index (χ4v) is 5.03. The van der Waals surface area contributed by atoms with Crippen molar-refractivity contribution in [3.8, 4) is 6.07 Å². The zero-order chi connectivity index (χ0) is 19.6. The van der Waals surface area contributed by atoms with Gasteiger partial charge in [0.25, 0.3) is 5.91 Å². The largest absolute Gasteiger partial charge is 0.339 e. The van der Waals surface area contributed by atoms with Crippen LogP contribution in [0, 0.1) is 16.7 Å². The van der Waals surface area contributed by atoms with Crippen molar-refractivity contribution in [3.05, 3.63) is 71.3 Å². The second kappa shape index (κ2) is 7.77. The minimum Gasteiger partial charge on any atom is -0.339 e. The fraction of sp³-hybridized carbons (Fsp3) is 0.417. The molecule has 1 amide bonds. The van der Waals surface area contributed by atoms with Crippen LogP contribution in [0.15, 0.2) is 54.6 Å². The maximum absolute atomic E-state index is 12.9. The number of carbonyl (C=O) groups is 1. The van der Waals surface area contributed by atoms with Crippen molar-refractivity contribution in [3.63, 3.8) is 0 Å². The van der Waals surface area contributed by atoms with E-state index in [2.05, 4.69) is 48.3 Å². The lowest BCUT2D eigenvalue weighted by Gasteiger charge is -2.49. The van der Waals surface area contributed by atoms with Crippen molar-refractivity contribution in [2.45, 2.75) is 25.2 Å². The molecule has 1 atom stereocenters. The first-order valence-electron chi connectivity index (χ1n) is 10.1. The van der Waals surface area contributed by atoms with Gasteiger partial charge in [-0.3, -0.25) is 4.79 Å². The van der Waals surface area contributed by atoms with Crippen molar-refractivity contribution in [1.82, 2.24) is 9.80 Å². The number of benzene rings is 2. The first kappa shape index (κ1) is 18.7. The Bertz CT molecular complexity index is 861. The third-order valence-corrected chi connectivity index (χ3v) is 6.46. The van der Waals surface area contributed by atoms with Gasteiger partial charge >= 0.3 is 0 Å². The van der Waals surface area contributed by atoms with Crippen molar-refractivity contribution < 1.29 is 4.79 Å². The lowest BCUT2D eigenvalue weighted by atomic mass is 9.68. The first-order chi connectivity index (χ1) is 13.6. The number of rotatable bonds is 2. The first-order valence-corrected chi connectivity index (χ1v) is 10.1. The van der Waals surface area contributed by atoms with E-state index in [0.29, 0.717) is 22.5 Å². The van der Waals surface area contributed by atoms with E-state index in [4.69, 9.17) is 5.26 Å². The summed E-state index contributed by atoms with van der Waals surface area (Å²) in [7, 11) is 2.23. The van der Waals surface area contributed by atoms with Gasteiger partial charge in [0, 0.05) is 31.7 Å². The number of amides is 1. The molecule has 2 saturated heterocycles. The average molecular weight is 374 g/mol. The summed E-state index contributed by atoms with van der Waals surface area (Å²) in [5, 5.41) is 8.93. The van der Waals surface area contributed by atoms with Crippen LogP contribution >= 0.6 is 0 Å². The molecule has 2 aromatic rings. The van der Waals surface area contributed by atoms with Crippen LogP contribution < -0.4 is 0 Å². The number of likely N-dealkylation sites (tertiary alicyclic amines) is 2. The topological polar surface area (TPSA) is 47.3 Å². The summed E-state index contributed by atoms with van der Waals surface area (Å²) in [5.41, 5.74) is 3.00. The number of piperidine rings is 2. The molecule has 4 rings (SSSR count). The van der Waals surface area contributed by atoms with E-state index in [1.54, 1.807) is 24.3 Å². The molecule has 2 aliphatic rings. The number of carbonyl (C=O) groups excluding carboxylic acids is 1. The molecule has 0 radical (unpaired) electrons. The summed E-state index contributed by atoms with van der Waals surface area (Å²) in [6.45, 7) is 3.86. The highest BCUT2D eigenvalue weighted by atomic mass is 16.2. The molecule has 4 heteroatoms. The van der Waals surface area contributed by atoms with Crippen LogP contribution in [-0.4, -0.2) is 48.9 Å². The lowest BCUT2D eigenvalue weighted by molar-refractivity contribution is 0.0224. The SMILES string of the molecule is CN1C[C@@H](c2ccccc2)CC2(CCN(C(=O)c3ccc(C#N)cc3)CC2)C1. The smallest absolute Gasteiger partial charge is 0.253 e. The van der Waals surface area contributed by atoms with Crippen LogP contribution in [0.1, 0.15) is 46.7 Å². The molecule has 1 spiro atoms. The van der Waals surface area contributed by atoms with Crippen LogP contribution in [-0.2, 0) is 0 Å². The van der Waals surface area contributed by atoms with E-state index in [1.807, 2.05) is 4.90 Å². The summed E-state index contributed by atoms with van der Waals surface area (Å²) in [4.78, 5) is 17.3. The van der Waals surface area contributed by atoms with E-state index in [9.17, 15) is 4.79 Å². The minimum atomic E-state index is 0.0862. The molecule has 2 aromatic carbocycles. The number of nitrogens with zero attached hydrogens (tertiary/aromatic N) is 3. The Balaban J connectivity index is 1.43. The number of likely N-dealkylation sites (N-methyl/N-ethyl adjacent to an activating group) is 1. The number of hydrogen-bond acceptors (Lipinski definition) is 3. The molecule has 2 heterocycles. The highest BCUT2D eigenvalue weighted by molar-refractivity contribution is 5.94. The maximum atomic E-state index is 12.9. The summed E-state index contributed by atoms with van der Waals surface area (Å²) in [6.07, 6.45) is 3.33. The zero-order valence-corrected chi connectivity index (χ0v) is 16.5. The molecule has 2 fully saturated rings. The fourth-order valence-electron chi connectivity index (χ4n) is 5.03. The Labute approximate surface area is 167 Å². The van der Waals surface area contributed by atoms with Crippen LogP contribution in [0.5, 0.6) is 0 Å². The number of hydrogen-bond donors (Lipinski definition) is 0. The van der Waals surface area contributed by atoms with Crippen LogP contribution in [0.4, 0.5) is 0 Å². The van der Waals surface area contributed by atoms with Crippen LogP contribution in [0.25, 0.3) is 0 Å². The lowest BCUT2D eigenvalue weighted by Crippen LogP contribution is -2.51. The molecule has 0 aromatic heterocycles. The molecule has 0 saturated carbocycles. The quantitative estimate of drug-likeness (QED) is 0.802. The minimum absolute atomic E-state index is 0.0862. The predicted octanol–water partition coefficient (Wildman–Crippen LogP) is 3.90. The van der Waals surface area contributed by atoms with E-state index in [0.717, 1.165) is 39.0 Å². The summed E-state index contributed by atoms with van der Waals surface area (Å²) in [5.74, 6) is 0.656. The van der Waals surface area contributed by atoms with Crippen molar-refractivity contribution in [2.24, 2.45) is 5.41 Å². The molecule has 28 heavy (non-hydrogen) atoms. The van der Waals surface area contributed by atoms with Crippen molar-refractivity contribution in [2.75, 3.05) is 33.2 Å². The van der Waals surface area contributed by atoms with Crippen molar-refractivity contribution in [1.29, 1.82) is 5.26 Å². The highest BCUT2D eigenvalue weighted by Crippen LogP contribution is 2.44. The van der Waals surface area contributed by atoms with E-state index >= 15 is 0 Å². The van der Waals surface area contributed by atoms with Gasteiger partial charge in [-0.05, 0) is 67.5 Å². The van der Waals surface area contributed by atoms with Crippen LogP contribution in [0.3, 0.4) is 0 Å². The van der Waals surface area contributed by atoms with Gasteiger partial charge in [-0.15, -0.1) is 0 Å². The molecule has 2 aliphatic heterocycles. The Morgan fingerprint density at radius 3 is 2.39 bits per heavy atom. The zero-order valence-electron chi connectivity index (χ0n) is 16.5. The molecule has 0 N–H and O–H groups in total. The molecule has 4 nitrogen and oxygen atoms in total. The normalized spacial score (nSPS) is 22.0. The third kappa shape index (κ3) is 3.81. The maximum Gasteiger partial charge on any atom is 0.253 e.